The number of thiophene rings is 1. The normalized spacial score (nSPS) is 16.2. The van der Waals surface area contributed by atoms with Crippen LogP contribution in [0.5, 0.6) is 0 Å². The van der Waals surface area contributed by atoms with Gasteiger partial charge in [-0.2, -0.15) is 10.2 Å². The lowest BCUT2D eigenvalue weighted by Gasteiger charge is -2.19. The number of aromatic nitrogens is 3. The Morgan fingerprint density at radius 2 is 1.81 bits per heavy atom. The fourth-order valence-electron chi connectivity index (χ4n) is 5.38. The van der Waals surface area contributed by atoms with Crippen molar-refractivity contribution < 1.29 is 14.4 Å². The van der Waals surface area contributed by atoms with Crippen LogP contribution in [0.15, 0.2) is 39.5 Å². The monoisotopic (exact) mass is 675 g/mol. The maximum atomic E-state index is 13.3. The highest BCUT2D eigenvalue weighted by molar-refractivity contribution is 7.15. The molecule has 0 bridgehead atoms. The predicted molar refractivity (Wildman–Crippen MR) is 181 cm³/mol. The first-order valence-electron chi connectivity index (χ1n) is 15.6. The van der Waals surface area contributed by atoms with Gasteiger partial charge in [0.1, 0.15) is 22.9 Å². The summed E-state index contributed by atoms with van der Waals surface area (Å²) in [7, 11) is 0. The molecular weight excluding hydrogens is 638 g/mol. The molecule has 1 aromatic carbocycles. The summed E-state index contributed by atoms with van der Waals surface area (Å²) in [6.07, 6.45) is 7.48. The van der Waals surface area contributed by atoms with Crippen molar-refractivity contribution in [3.05, 3.63) is 62.5 Å². The van der Waals surface area contributed by atoms with Crippen molar-refractivity contribution >= 4 is 46.4 Å². The van der Waals surface area contributed by atoms with Crippen molar-refractivity contribution in [2.45, 2.75) is 84.0 Å². The van der Waals surface area contributed by atoms with Crippen molar-refractivity contribution in [1.29, 1.82) is 0 Å². The molecule has 2 aromatic heterocycles. The number of benzene rings is 1. The Morgan fingerprint density at radius 1 is 1.09 bits per heavy atom. The summed E-state index contributed by atoms with van der Waals surface area (Å²) in [5.41, 5.74) is 3.24. The Balaban J connectivity index is 1.24. The molecule has 0 radical (unpaired) electrons. The zero-order chi connectivity index (χ0) is 33.7. The number of halogens is 1. The molecule has 2 atom stereocenters. The molecule has 3 amide bonds. The molecule has 47 heavy (non-hydrogen) atoms. The Hall–Kier alpha value is -4.41. The second-order valence-electron chi connectivity index (χ2n) is 11.9. The lowest BCUT2D eigenvalue weighted by Crippen LogP contribution is -2.48. The van der Waals surface area contributed by atoms with E-state index in [-0.39, 0.29) is 43.7 Å². The minimum atomic E-state index is -0.749. The number of hydrogen-bond acceptors (Lipinski definition) is 9. The lowest BCUT2D eigenvalue weighted by molar-refractivity contribution is -0.129. The van der Waals surface area contributed by atoms with Crippen LogP contribution in [0.25, 0.3) is 5.00 Å². The SMILES string of the molecule is C#CCCCC(=O)N[C@@H](CCC1(C)N=N1)C(=O)NCCNC(=O)C[C@@H]1N=C(c2ccc(Cl)cc2)c2c(sc(C)c2C)-n2c(C)nnc21. The van der Waals surface area contributed by atoms with Gasteiger partial charge in [0.05, 0.1) is 12.1 Å². The molecule has 2 aliphatic heterocycles. The molecule has 4 heterocycles. The molecule has 12 nitrogen and oxygen atoms in total. The van der Waals surface area contributed by atoms with Crippen LogP contribution in [0.1, 0.15) is 84.7 Å². The van der Waals surface area contributed by atoms with Crippen molar-refractivity contribution in [2.24, 2.45) is 15.2 Å². The zero-order valence-corrected chi connectivity index (χ0v) is 28.5. The van der Waals surface area contributed by atoms with Crippen LogP contribution in [0.3, 0.4) is 0 Å². The topological polar surface area (TPSA) is 155 Å². The minimum absolute atomic E-state index is 0.0259. The fourth-order valence-corrected chi connectivity index (χ4v) is 6.72. The quantitative estimate of drug-likeness (QED) is 0.167. The molecule has 0 fully saturated rings. The first kappa shape index (κ1) is 33.9. The van der Waals surface area contributed by atoms with Crippen molar-refractivity contribution in [3.8, 4) is 17.3 Å². The maximum Gasteiger partial charge on any atom is 0.242 e. The van der Waals surface area contributed by atoms with E-state index in [1.54, 1.807) is 11.3 Å². The van der Waals surface area contributed by atoms with Gasteiger partial charge in [-0.05, 0) is 64.7 Å². The van der Waals surface area contributed by atoms with E-state index in [9.17, 15) is 14.4 Å². The van der Waals surface area contributed by atoms with Crippen molar-refractivity contribution in [3.63, 3.8) is 0 Å². The number of nitrogens with one attached hydrogen (secondary N) is 3. The molecule has 0 aliphatic carbocycles. The third-order valence-corrected chi connectivity index (χ3v) is 9.65. The maximum absolute atomic E-state index is 13.3. The van der Waals surface area contributed by atoms with Crippen LogP contribution in [0.2, 0.25) is 5.02 Å². The molecule has 0 spiro atoms. The molecule has 2 aliphatic rings. The number of terminal acetylenes is 1. The average Bonchev–Trinajstić information content (AvgIpc) is 3.59. The van der Waals surface area contributed by atoms with Crippen LogP contribution in [-0.2, 0) is 14.4 Å². The summed E-state index contributed by atoms with van der Waals surface area (Å²) in [5, 5.41) is 26.9. The van der Waals surface area contributed by atoms with E-state index < -0.39 is 17.7 Å². The van der Waals surface area contributed by atoms with Crippen LogP contribution in [0.4, 0.5) is 0 Å². The Kier molecular flexibility index (Phi) is 10.5. The first-order valence-corrected chi connectivity index (χ1v) is 16.8. The molecule has 246 valence electrons. The third kappa shape index (κ3) is 8.12. The van der Waals surface area contributed by atoms with Gasteiger partial charge in [0.15, 0.2) is 11.5 Å². The van der Waals surface area contributed by atoms with E-state index in [2.05, 4.69) is 56.1 Å². The second-order valence-corrected chi connectivity index (χ2v) is 13.5. The number of nitrogens with zero attached hydrogens (tertiary/aromatic N) is 6. The van der Waals surface area contributed by atoms with Crippen molar-refractivity contribution in [2.75, 3.05) is 13.1 Å². The van der Waals surface area contributed by atoms with E-state index in [4.69, 9.17) is 23.0 Å². The highest BCUT2D eigenvalue weighted by Crippen LogP contribution is 2.39. The van der Waals surface area contributed by atoms with Gasteiger partial charge in [-0.15, -0.1) is 33.9 Å². The predicted octanol–water partition coefficient (Wildman–Crippen LogP) is 4.67. The van der Waals surface area contributed by atoms with E-state index in [0.717, 1.165) is 32.3 Å². The molecule has 3 aromatic rings. The number of carbonyl (C=O) groups excluding carboxylic acids is 3. The Bertz CT molecular complexity index is 1760. The first-order chi connectivity index (χ1) is 22.5. The molecule has 0 saturated carbocycles. The van der Waals surface area contributed by atoms with E-state index >= 15 is 0 Å². The summed E-state index contributed by atoms with van der Waals surface area (Å²) in [6.45, 7) is 8.27. The number of amides is 3. The summed E-state index contributed by atoms with van der Waals surface area (Å²) < 4.78 is 1.99. The number of aliphatic imine (C=N–C) groups is 1. The van der Waals surface area contributed by atoms with Gasteiger partial charge in [0.25, 0.3) is 0 Å². The van der Waals surface area contributed by atoms with Gasteiger partial charge in [0.2, 0.25) is 17.7 Å². The van der Waals surface area contributed by atoms with E-state index in [1.807, 2.05) is 42.7 Å². The van der Waals surface area contributed by atoms with E-state index in [1.165, 1.54) is 0 Å². The van der Waals surface area contributed by atoms with Gasteiger partial charge in [-0.25, -0.2) is 0 Å². The standard InChI is InChI=1S/C33H38ClN9O3S/c1-6-7-8-9-26(44)37-24(14-15-33(5)41-42-33)31(46)36-17-16-35-27(45)18-25-30-40-39-21(4)43(30)32-28(19(2)20(3)47-32)29(38-25)22-10-12-23(34)13-11-22/h1,10-13,24-25H,7-9,14-18H2,2-5H3,(H,35,45)(H,36,46)(H,37,44)/t24-,25-/m0/s1. The van der Waals surface area contributed by atoms with Gasteiger partial charge >= 0.3 is 0 Å². The van der Waals surface area contributed by atoms with Gasteiger partial charge < -0.3 is 16.0 Å². The smallest absolute Gasteiger partial charge is 0.242 e. The zero-order valence-electron chi connectivity index (χ0n) is 26.9. The molecular formula is C33H38ClN9O3S. The second kappa shape index (κ2) is 14.6. The molecule has 3 N–H and O–H groups in total. The molecule has 14 heteroatoms. The molecule has 0 unspecified atom stereocenters. The van der Waals surface area contributed by atoms with Crippen LogP contribution >= 0.6 is 22.9 Å². The van der Waals surface area contributed by atoms with Crippen LogP contribution < -0.4 is 16.0 Å². The van der Waals surface area contributed by atoms with E-state index in [0.29, 0.717) is 42.4 Å². The minimum Gasteiger partial charge on any atom is -0.354 e. The number of rotatable bonds is 14. The molecule has 0 saturated heterocycles. The Labute approximate surface area is 282 Å². The van der Waals surface area contributed by atoms with Gasteiger partial charge in [-0.1, -0.05) is 23.7 Å². The largest absolute Gasteiger partial charge is 0.354 e. The fraction of sp³-hybridized carbons (Fsp3) is 0.455. The Morgan fingerprint density at radius 3 is 2.51 bits per heavy atom. The summed E-state index contributed by atoms with van der Waals surface area (Å²) in [6, 6.07) is 6.15. The summed E-state index contributed by atoms with van der Waals surface area (Å²) >= 11 is 7.84. The lowest BCUT2D eigenvalue weighted by atomic mass is 9.99. The number of carbonyl (C=O) groups is 3. The van der Waals surface area contributed by atoms with Crippen molar-refractivity contribution in [1.82, 2.24) is 30.7 Å². The van der Waals surface area contributed by atoms with Gasteiger partial charge in [0, 0.05) is 47.0 Å². The van der Waals surface area contributed by atoms with Crippen LogP contribution in [-0.4, -0.2) is 63.0 Å². The average molecular weight is 676 g/mol. The summed E-state index contributed by atoms with van der Waals surface area (Å²) in [5.74, 6) is 2.97. The number of aryl methyl sites for hydroxylation is 2. The highest BCUT2D eigenvalue weighted by Gasteiger charge is 2.36. The summed E-state index contributed by atoms with van der Waals surface area (Å²) in [4.78, 5) is 45.0. The third-order valence-electron chi connectivity index (χ3n) is 8.21. The highest BCUT2D eigenvalue weighted by atomic mass is 35.5. The van der Waals surface area contributed by atoms with Crippen LogP contribution in [0, 0.1) is 33.1 Å². The number of fused-ring (bicyclic) bond motifs is 3. The van der Waals surface area contributed by atoms with Gasteiger partial charge in [-0.3, -0.25) is 23.9 Å². The number of unbranched alkanes of at least 4 members (excludes halogenated alkanes) is 1. The molecule has 5 rings (SSSR count). The number of hydrogen-bond donors (Lipinski definition) is 3.